The van der Waals surface area contributed by atoms with Gasteiger partial charge in [0.25, 0.3) is 0 Å². The van der Waals surface area contributed by atoms with Crippen molar-refractivity contribution < 1.29 is 68.1 Å². The summed E-state index contributed by atoms with van der Waals surface area (Å²) in [7, 11) is -2.24. The molecule has 0 heterocycles. The maximum absolute atomic E-state index is 8.33. The summed E-state index contributed by atoms with van der Waals surface area (Å²) in [5.74, 6) is 0. The van der Waals surface area contributed by atoms with Crippen molar-refractivity contribution in [1.82, 2.24) is 0 Å². The Labute approximate surface area is 252 Å². The molecule has 201 valence electrons. The van der Waals surface area contributed by atoms with Gasteiger partial charge in [-0.2, -0.15) is 0 Å². The average Bonchev–Trinajstić information content (AvgIpc) is 2.63. The van der Waals surface area contributed by atoms with E-state index in [1.54, 1.807) is 0 Å². The van der Waals surface area contributed by atoms with Crippen LogP contribution in [0.4, 0.5) is 9.15 Å². The van der Waals surface area contributed by atoms with Gasteiger partial charge < -0.3 is 27.5 Å². The molecule has 0 aromatic carbocycles. The van der Waals surface area contributed by atoms with Gasteiger partial charge in [-0.3, -0.25) is 0 Å². The summed E-state index contributed by atoms with van der Waals surface area (Å²) < 4.78 is 16.0. The smallest absolute Gasteiger partial charge is 0.427 e. The minimum absolute atomic E-state index is 0. The van der Waals surface area contributed by atoms with Crippen LogP contribution in [0, 0.1) is 7.43 Å². The predicted octanol–water partition coefficient (Wildman–Crippen LogP) is 5.31. The summed E-state index contributed by atoms with van der Waals surface area (Å²) >= 11 is 9.63. The quantitative estimate of drug-likeness (QED) is 0.108. The fourth-order valence-electron chi connectivity index (χ4n) is 1.02. The molecule has 0 bridgehead atoms. The SMILES string of the molecule is C.C.C.CCCBr.CCCCCB(O)O.CCCCCBr.FF.OB(O)CCBr.[CH3-].[HH].[Li+].[V]. The van der Waals surface area contributed by atoms with Crippen molar-refractivity contribution in [1.29, 1.82) is 0 Å². The molecule has 0 unspecified atom stereocenters. The van der Waals surface area contributed by atoms with E-state index in [4.69, 9.17) is 29.2 Å². The Kier molecular flexibility index (Phi) is 184. The zero-order valence-electron chi connectivity index (χ0n) is 18.8. The molecule has 0 atom stereocenters. The standard InChI is InChI=1S/C5H13BO2.C5H11Br.C3H7Br.C2H6BBrO2.3CH4.CH3.F2.Li.V.H2/c1-2-3-4-5-6(7)8;1-2-3-4-5-6;1-2-3-4;4-2-1-3(5)6;;;;;1-2;;;/h7-8H,2-5H2,1H3;2-5H2,1H3;2-3H2,1H3;5-6H,1-2H2;3*1H4;1H3;;;;1H/q;;;;;;;-1;;+1;;. The van der Waals surface area contributed by atoms with Crippen molar-refractivity contribution in [2.24, 2.45) is 0 Å². The summed E-state index contributed by atoms with van der Waals surface area (Å²) in [5.41, 5.74) is 0. The minimum Gasteiger partial charge on any atom is -0.427 e. The first kappa shape index (κ1) is 70.1. The molecule has 4 N–H and O–H groups in total. The van der Waals surface area contributed by atoms with Crippen LogP contribution in [0.2, 0.25) is 12.6 Å². The van der Waals surface area contributed by atoms with Crippen LogP contribution in [0.3, 0.4) is 0 Å². The van der Waals surface area contributed by atoms with Crippen LogP contribution in [0.25, 0.3) is 0 Å². The molecule has 0 saturated carbocycles. The number of alkyl halides is 3. The third-order valence-electron chi connectivity index (χ3n) is 2.36. The normalized spacial score (nSPS) is 6.75. The summed E-state index contributed by atoms with van der Waals surface area (Å²) in [4.78, 5) is 0. The molecule has 0 amide bonds. The molecule has 0 saturated heterocycles. The van der Waals surface area contributed by atoms with Gasteiger partial charge >= 0.3 is 33.1 Å². The summed E-state index contributed by atoms with van der Waals surface area (Å²) in [5, 5.41) is 35.8. The van der Waals surface area contributed by atoms with Gasteiger partial charge in [-0.25, -0.2) is 0 Å². The molecule has 13 heteroatoms. The molecular formula is C19H54B2Br3F2LiO4V. The second kappa shape index (κ2) is 84.2. The second-order valence-electron chi connectivity index (χ2n) is 5.02. The number of halogens is 5. The van der Waals surface area contributed by atoms with Gasteiger partial charge in [0.15, 0.2) is 0 Å². The van der Waals surface area contributed by atoms with Crippen LogP contribution < -0.4 is 18.9 Å². The van der Waals surface area contributed by atoms with E-state index in [0.29, 0.717) is 18.0 Å². The predicted molar refractivity (Wildman–Crippen MR) is 152 cm³/mol. The molecule has 0 spiro atoms. The van der Waals surface area contributed by atoms with Gasteiger partial charge in [-0.05, 0) is 25.5 Å². The van der Waals surface area contributed by atoms with E-state index >= 15 is 0 Å². The second-order valence-corrected chi connectivity index (χ2v) is 7.40. The number of hydrogen-bond donors (Lipinski definition) is 4. The number of unbranched alkanes of at least 4 members (excludes halogenated alkanes) is 4. The maximum atomic E-state index is 8.33. The van der Waals surface area contributed by atoms with Crippen LogP contribution in [0.15, 0.2) is 0 Å². The van der Waals surface area contributed by atoms with E-state index < -0.39 is 14.2 Å². The largest absolute Gasteiger partial charge is 1.00 e. The Bertz CT molecular complexity index is 209. The molecule has 0 rings (SSSR count). The fraction of sp³-hybridized carbons (Fsp3) is 0.947. The van der Waals surface area contributed by atoms with Gasteiger partial charge in [-0.1, -0.05) is 123 Å². The molecular weight excluding hydrogens is 649 g/mol. The Morgan fingerprint density at radius 1 is 0.625 bits per heavy atom. The number of hydrogen-bond acceptors (Lipinski definition) is 4. The molecule has 0 aliphatic rings. The van der Waals surface area contributed by atoms with E-state index in [0.717, 1.165) is 24.6 Å². The van der Waals surface area contributed by atoms with E-state index in [9.17, 15) is 0 Å². The van der Waals surface area contributed by atoms with Crippen molar-refractivity contribution in [3.8, 4) is 0 Å². The minimum atomic E-state index is -1.15. The van der Waals surface area contributed by atoms with Gasteiger partial charge in [-0.15, -0.1) is 0 Å². The fourth-order valence-corrected chi connectivity index (χ4v) is 1.82. The zero-order valence-corrected chi connectivity index (χ0v) is 24.9. The van der Waals surface area contributed by atoms with Crippen LogP contribution >= 0.6 is 47.8 Å². The third kappa shape index (κ3) is 154. The number of rotatable bonds is 10. The molecule has 0 aromatic heterocycles. The molecule has 1 radical (unpaired) electrons. The Balaban J connectivity index is -0.0000000165. The van der Waals surface area contributed by atoms with E-state index in [1.165, 1.54) is 31.0 Å². The van der Waals surface area contributed by atoms with Crippen molar-refractivity contribution >= 4 is 62.0 Å². The molecule has 0 aromatic rings. The molecule has 32 heavy (non-hydrogen) atoms. The Morgan fingerprint density at radius 3 is 1.06 bits per heavy atom. The van der Waals surface area contributed by atoms with Crippen molar-refractivity contribution in [2.75, 3.05) is 16.0 Å². The zero-order chi connectivity index (χ0) is 21.6. The summed E-state index contributed by atoms with van der Waals surface area (Å²) in [6, 6.07) is 0. The van der Waals surface area contributed by atoms with E-state index in [1.807, 2.05) is 0 Å². The van der Waals surface area contributed by atoms with Crippen LogP contribution in [-0.2, 0) is 18.6 Å². The van der Waals surface area contributed by atoms with Crippen molar-refractivity contribution in [3.63, 3.8) is 0 Å². The molecule has 0 aliphatic heterocycles. The average molecular weight is 704 g/mol. The van der Waals surface area contributed by atoms with Gasteiger partial charge in [0.2, 0.25) is 0 Å². The monoisotopic (exact) mass is 701 g/mol. The Hall–Kier alpha value is 2.45. The van der Waals surface area contributed by atoms with E-state index in [-0.39, 0.29) is 68.5 Å². The van der Waals surface area contributed by atoms with Crippen molar-refractivity contribution in [2.45, 2.75) is 101 Å². The molecule has 4 nitrogen and oxygen atoms in total. The van der Waals surface area contributed by atoms with Crippen LogP contribution in [-0.4, -0.2) is 50.3 Å². The van der Waals surface area contributed by atoms with Crippen molar-refractivity contribution in [3.05, 3.63) is 7.43 Å². The Morgan fingerprint density at radius 2 is 0.938 bits per heavy atom. The molecule has 0 fully saturated rings. The van der Waals surface area contributed by atoms with E-state index in [2.05, 4.69) is 68.6 Å². The summed E-state index contributed by atoms with van der Waals surface area (Å²) in [6.07, 6.45) is 9.33. The topological polar surface area (TPSA) is 80.9 Å². The van der Waals surface area contributed by atoms with Gasteiger partial charge in [0.05, 0.1) is 0 Å². The maximum Gasteiger partial charge on any atom is 1.00 e. The summed E-state index contributed by atoms with van der Waals surface area (Å²) in [6.45, 7) is 6.43. The first-order valence-electron chi connectivity index (χ1n) is 8.92. The molecule has 0 aliphatic carbocycles. The van der Waals surface area contributed by atoms with Crippen LogP contribution in [0.5, 0.6) is 0 Å². The first-order valence-corrected chi connectivity index (χ1v) is 12.3. The van der Waals surface area contributed by atoms with Gasteiger partial charge in [0.1, 0.15) is 0 Å². The first-order chi connectivity index (χ1) is 12.4. The van der Waals surface area contributed by atoms with Gasteiger partial charge in [0, 0.05) is 45.1 Å². The third-order valence-corrected chi connectivity index (χ3v) is 4.17. The van der Waals surface area contributed by atoms with Crippen LogP contribution in [0.1, 0.15) is 89.4 Å².